The molecular weight excluding hydrogens is 350 g/mol. The van der Waals surface area contributed by atoms with Gasteiger partial charge >= 0.3 is 6.03 Å². The average molecular weight is 369 g/mol. The van der Waals surface area contributed by atoms with Crippen molar-refractivity contribution in [2.45, 2.75) is 30.2 Å². The van der Waals surface area contributed by atoms with Crippen LogP contribution in [0.2, 0.25) is 0 Å². The Labute approximate surface area is 156 Å². The molecule has 2 aromatic carbocycles. The molecule has 0 bridgehead atoms. The number of hydrogen-bond acceptors (Lipinski definition) is 4. The van der Waals surface area contributed by atoms with Crippen molar-refractivity contribution in [3.05, 3.63) is 60.2 Å². The third kappa shape index (κ3) is 4.43. The number of imide groups is 1. The molecule has 3 rings (SSSR count). The molecule has 4 amide bonds. The summed E-state index contributed by atoms with van der Waals surface area (Å²) in [5, 5.41) is 5.27. The number of likely N-dealkylation sites (tertiary alicyclic amines) is 1. The smallest absolute Gasteiger partial charge is 0.325 e. The normalized spacial score (nSPS) is 16.0. The Morgan fingerprint density at radius 3 is 2.42 bits per heavy atom. The predicted octanol–water partition coefficient (Wildman–Crippen LogP) is 3.21. The van der Waals surface area contributed by atoms with Crippen LogP contribution in [0.3, 0.4) is 0 Å². The summed E-state index contributed by atoms with van der Waals surface area (Å²) >= 11 is 1.45. The molecule has 6 nitrogen and oxygen atoms in total. The van der Waals surface area contributed by atoms with Crippen LogP contribution in [0.1, 0.15) is 18.9 Å². The maximum atomic E-state index is 12.3. The SMILES string of the molecule is CC(=O)Nc1ccc(SC2CC(=O)N2C(=O)NCc2ccccc2)cc1. The van der Waals surface area contributed by atoms with E-state index >= 15 is 0 Å². The zero-order valence-electron chi connectivity index (χ0n) is 14.3. The highest BCUT2D eigenvalue weighted by Gasteiger charge is 2.41. The number of hydrogen-bond donors (Lipinski definition) is 2. The van der Waals surface area contributed by atoms with Gasteiger partial charge in [0.25, 0.3) is 0 Å². The van der Waals surface area contributed by atoms with E-state index in [2.05, 4.69) is 10.6 Å². The molecular formula is C19H19N3O3S. The lowest BCUT2D eigenvalue weighted by Gasteiger charge is -2.37. The zero-order valence-corrected chi connectivity index (χ0v) is 15.1. The van der Waals surface area contributed by atoms with Crippen LogP contribution < -0.4 is 10.6 Å². The molecule has 1 unspecified atom stereocenters. The number of carbonyl (C=O) groups is 3. The first-order chi connectivity index (χ1) is 12.5. The van der Waals surface area contributed by atoms with E-state index in [9.17, 15) is 14.4 Å². The van der Waals surface area contributed by atoms with E-state index in [0.717, 1.165) is 10.5 Å². The summed E-state index contributed by atoms with van der Waals surface area (Å²) in [5.41, 5.74) is 1.69. The summed E-state index contributed by atoms with van der Waals surface area (Å²) in [6, 6.07) is 16.5. The highest BCUT2D eigenvalue weighted by molar-refractivity contribution is 8.00. The highest BCUT2D eigenvalue weighted by atomic mass is 32.2. The van der Waals surface area contributed by atoms with Crippen molar-refractivity contribution < 1.29 is 14.4 Å². The van der Waals surface area contributed by atoms with Gasteiger partial charge in [-0.2, -0.15) is 0 Å². The first kappa shape index (κ1) is 18.0. The van der Waals surface area contributed by atoms with Crippen LogP contribution in [-0.4, -0.2) is 28.1 Å². The minimum atomic E-state index is -0.377. The second-order valence-electron chi connectivity index (χ2n) is 5.89. The fraction of sp³-hybridized carbons (Fsp3) is 0.211. The number of benzene rings is 2. The Kier molecular flexibility index (Phi) is 5.58. The second kappa shape index (κ2) is 8.05. The van der Waals surface area contributed by atoms with E-state index < -0.39 is 0 Å². The lowest BCUT2D eigenvalue weighted by molar-refractivity contribution is -0.137. The molecule has 0 aromatic heterocycles. The zero-order chi connectivity index (χ0) is 18.5. The van der Waals surface area contributed by atoms with Gasteiger partial charge in [0.1, 0.15) is 5.37 Å². The Bertz CT molecular complexity index is 809. The summed E-state index contributed by atoms with van der Waals surface area (Å²) in [5.74, 6) is -0.306. The fourth-order valence-corrected chi connectivity index (χ4v) is 3.71. The molecule has 0 radical (unpaired) electrons. The van der Waals surface area contributed by atoms with Crippen LogP contribution in [0.5, 0.6) is 0 Å². The highest BCUT2D eigenvalue weighted by Crippen LogP contribution is 2.35. The number of carbonyl (C=O) groups excluding carboxylic acids is 3. The van der Waals surface area contributed by atoms with Crippen LogP contribution in [0.4, 0.5) is 10.5 Å². The van der Waals surface area contributed by atoms with E-state index in [1.807, 2.05) is 42.5 Å². The molecule has 0 saturated carbocycles. The van der Waals surface area contributed by atoms with Crippen LogP contribution >= 0.6 is 11.8 Å². The van der Waals surface area contributed by atoms with Gasteiger partial charge in [0.2, 0.25) is 11.8 Å². The summed E-state index contributed by atoms with van der Waals surface area (Å²) in [7, 11) is 0. The van der Waals surface area contributed by atoms with Gasteiger partial charge in [-0.25, -0.2) is 4.79 Å². The molecule has 26 heavy (non-hydrogen) atoms. The van der Waals surface area contributed by atoms with Gasteiger partial charge in [-0.15, -0.1) is 0 Å². The topological polar surface area (TPSA) is 78.5 Å². The first-order valence-electron chi connectivity index (χ1n) is 8.21. The molecule has 7 heteroatoms. The Balaban J connectivity index is 1.56. The van der Waals surface area contributed by atoms with Gasteiger partial charge in [-0.1, -0.05) is 42.1 Å². The number of β-lactam (4-membered cyclic amide) rings is 1. The van der Waals surface area contributed by atoms with Gasteiger partial charge in [0.15, 0.2) is 0 Å². The van der Waals surface area contributed by atoms with E-state index in [0.29, 0.717) is 18.7 Å². The van der Waals surface area contributed by atoms with Crippen LogP contribution in [-0.2, 0) is 16.1 Å². The molecule has 1 aliphatic rings. The molecule has 1 saturated heterocycles. The standard InChI is InChI=1S/C19H19N3O3S/c1-13(23)21-15-7-9-16(10-8-15)26-18-11-17(24)22(18)19(25)20-12-14-5-3-2-4-6-14/h2-10,18H,11-12H2,1H3,(H,20,25)(H,21,23). The van der Waals surface area contributed by atoms with E-state index in [1.165, 1.54) is 23.6 Å². The summed E-state index contributed by atoms with van der Waals surface area (Å²) in [6.07, 6.45) is 0.330. The number of thioether (sulfide) groups is 1. The summed E-state index contributed by atoms with van der Waals surface area (Å²) in [6.45, 7) is 1.83. The van der Waals surface area contributed by atoms with Crippen molar-refractivity contribution >= 4 is 35.3 Å². The first-order valence-corrected chi connectivity index (χ1v) is 9.09. The average Bonchev–Trinajstić information content (AvgIpc) is 2.61. The molecule has 0 aliphatic carbocycles. The number of anilines is 1. The Hall–Kier alpha value is -2.80. The number of urea groups is 1. The van der Waals surface area contributed by atoms with Crippen molar-refractivity contribution in [3.63, 3.8) is 0 Å². The molecule has 1 atom stereocenters. The van der Waals surface area contributed by atoms with E-state index in [4.69, 9.17) is 0 Å². The Morgan fingerprint density at radius 1 is 1.12 bits per heavy atom. The largest absolute Gasteiger partial charge is 0.334 e. The second-order valence-corrected chi connectivity index (χ2v) is 7.14. The minimum Gasteiger partial charge on any atom is -0.334 e. The molecule has 134 valence electrons. The molecule has 1 heterocycles. The van der Waals surface area contributed by atoms with Crippen molar-refractivity contribution in [1.82, 2.24) is 10.2 Å². The monoisotopic (exact) mass is 369 g/mol. The van der Waals surface area contributed by atoms with Gasteiger partial charge < -0.3 is 10.6 Å². The van der Waals surface area contributed by atoms with Crippen molar-refractivity contribution in [2.24, 2.45) is 0 Å². The third-order valence-electron chi connectivity index (χ3n) is 3.86. The lowest BCUT2D eigenvalue weighted by Crippen LogP contribution is -2.57. The lowest BCUT2D eigenvalue weighted by atomic mass is 10.2. The van der Waals surface area contributed by atoms with Crippen molar-refractivity contribution in [3.8, 4) is 0 Å². The minimum absolute atomic E-state index is 0.128. The third-order valence-corrected chi connectivity index (χ3v) is 5.05. The maximum Gasteiger partial charge on any atom is 0.325 e. The number of amides is 4. The molecule has 2 aromatic rings. The molecule has 1 fully saturated rings. The fourth-order valence-electron chi connectivity index (χ4n) is 2.56. The Morgan fingerprint density at radius 2 is 1.81 bits per heavy atom. The van der Waals surface area contributed by atoms with Crippen LogP contribution in [0.25, 0.3) is 0 Å². The van der Waals surface area contributed by atoms with E-state index in [-0.39, 0.29) is 23.2 Å². The number of nitrogens with zero attached hydrogens (tertiary/aromatic N) is 1. The van der Waals surface area contributed by atoms with Crippen LogP contribution in [0, 0.1) is 0 Å². The van der Waals surface area contributed by atoms with Gasteiger partial charge in [-0.3, -0.25) is 14.5 Å². The maximum absolute atomic E-state index is 12.3. The van der Waals surface area contributed by atoms with Gasteiger partial charge in [-0.05, 0) is 29.8 Å². The van der Waals surface area contributed by atoms with Gasteiger partial charge in [0.05, 0.1) is 6.42 Å². The quantitative estimate of drug-likeness (QED) is 0.794. The number of nitrogens with one attached hydrogen (secondary N) is 2. The number of rotatable bonds is 5. The van der Waals surface area contributed by atoms with Gasteiger partial charge in [0, 0.05) is 24.1 Å². The van der Waals surface area contributed by atoms with Crippen molar-refractivity contribution in [2.75, 3.05) is 5.32 Å². The molecule has 1 aliphatic heterocycles. The molecule has 2 N–H and O–H groups in total. The molecule has 0 spiro atoms. The van der Waals surface area contributed by atoms with E-state index in [1.54, 1.807) is 12.1 Å². The van der Waals surface area contributed by atoms with Crippen molar-refractivity contribution in [1.29, 1.82) is 0 Å². The predicted molar refractivity (Wildman–Crippen MR) is 101 cm³/mol. The van der Waals surface area contributed by atoms with Crippen LogP contribution in [0.15, 0.2) is 59.5 Å². The summed E-state index contributed by atoms with van der Waals surface area (Å²) in [4.78, 5) is 37.4. The summed E-state index contributed by atoms with van der Waals surface area (Å²) < 4.78 is 0.